The van der Waals surface area contributed by atoms with Crippen LogP contribution in [0.1, 0.15) is 11.1 Å². The third-order valence-corrected chi connectivity index (χ3v) is 4.45. The van der Waals surface area contributed by atoms with Crippen molar-refractivity contribution in [3.05, 3.63) is 96.1 Å². The average molecular weight is 360 g/mol. The zero-order valence-electron chi connectivity index (χ0n) is 15.4. The fourth-order valence-electron chi connectivity index (χ4n) is 2.98. The highest BCUT2D eigenvalue weighted by Gasteiger charge is 2.23. The Balaban J connectivity index is 1.84. The first-order chi connectivity index (χ1) is 13.2. The summed E-state index contributed by atoms with van der Waals surface area (Å²) in [6, 6.07) is 26.6. The zero-order chi connectivity index (χ0) is 19.1. The van der Waals surface area contributed by atoms with Gasteiger partial charge in [0.25, 0.3) is 0 Å². The Morgan fingerprint density at radius 3 is 2.00 bits per heavy atom. The summed E-state index contributed by atoms with van der Waals surface area (Å²) < 4.78 is 5.23. The lowest BCUT2D eigenvalue weighted by molar-refractivity contribution is -0.120. The molecule has 2 N–H and O–H groups in total. The molecule has 4 heteroatoms. The Hall–Kier alpha value is -3.11. The summed E-state index contributed by atoms with van der Waals surface area (Å²) in [5, 5.41) is 0. The second kappa shape index (κ2) is 9.01. The van der Waals surface area contributed by atoms with Crippen molar-refractivity contribution in [3.63, 3.8) is 0 Å². The molecule has 3 aromatic carbocycles. The average Bonchev–Trinajstić information content (AvgIpc) is 2.73. The Morgan fingerprint density at radius 2 is 1.44 bits per heavy atom. The van der Waals surface area contributed by atoms with E-state index in [1.807, 2.05) is 84.9 Å². The fraction of sp³-hybridized carbons (Fsp3) is 0.174. The van der Waals surface area contributed by atoms with Crippen LogP contribution in [-0.4, -0.2) is 19.1 Å². The van der Waals surface area contributed by atoms with Crippen LogP contribution in [0.15, 0.2) is 84.9 Å². The van der Waals surface area contributed by atoms with Gasteiger partial charge in [-0.2, -0.15) is 0 Å². The maximum atomic E-state index is 13.2. The van der Waals surface area contributed by atoms with Crippen molar-refractivity contribution in [3.8, 4) is 5.75 Å². The minimum absolute atomic E-state index is 0.104. The molecule has 27 heavy (non-hydrogen) atoms. The highest BCUT2D eigenvalue weighted by molar-refractivity contribution is 5.97. The third kappa shape index (κ3) is 4.96. The first-order valence-electron chi connectivity index (χ1n) is 8.96. The summed E-state index contributed by atoms with van der Waals surface area (Å²) in [5.41, 5.74) is 9.18. The largest absolute Gasteiger partial charge is 0.497 e. The number of nitrogens with two attached hydrogens (primary N) is 1. The van der Waals surface area contributed by atoms with E-state index in [0.29, 0.717) is 13.0 Å². The van der Waals surface area contributed by atoms with E-state index in [4.69, 9.17) is 10.5 Å². The monoisotopic (exact) mass is 360 g/mol. The van der Waals surface area contributed by atoms with Crippen molar-refractivity contribution >= 4 is 11.6 Å². The van der Waals surface area contributed by atoms with Gasteiger partial charge in [-0.05, 0) is 41.8 Å². The quantitative estimate of drug-likeness (QED) is 0.697. The van der Waals surface area contributed by atoms with Crippen molar-refractivity contribution in [2.45, 2.75) is 19.0 Å². The molecule has 0 aliphatic heterocycles. The van der Waals surface area contributed by atoms with Crippen molar-refractivity contribution in [2.24, 2.45) is 5.73 Å². The van der Waals surface area contributed by atoms with Gasteiger partial charge in [-0.25, -0.2) is 0 Å². The molecule has 1 unspecified atom stereocenters. The molecule has 3 rings (SSSR count). The number of carbonyl (C=O) groups is 1. The van der Waals surface area contributed by atoms with Crippen molar-refractivity contribution in [1.82, 2.24) is 0 Å². The van der Waals surface area contributed by atoms with E-state index in [0.717, 1.165) is 22.6 Å². The van der Waals surface area contributed by atoms with Crippen molar-refractivity contribution in [1.29, 1.82) is 0 Å². The van der Waals surface area contributed by atoms with Crippen LogP contribution in [0.3, 0.4) is 0 Å². The number of hydrogen-bond acceptors (Lipinski definition) is 3. The molecular formula is C23H24N2O2. The molecule has 0 aliphatic rings. The van der Waals surface area contributed by atoms with Crippen LogP contribution < -0.4 is 15.4 Å². The van der Waals surface area contributed by atoms with Crippen LogP contribution in [0.4, 0.5) is 5.69 Å². The highest BCUT2D eigenvalue weighted by Crippen LogP contribution is 2.22. The normalized spacial score (nSPS) is 11.6. The van der Waals surface area contributed by atoms with Crippen LogP contribution in [0, 0.1) is 0 Å². The van der Waals surface area contributed by atoms with E-state index in [1.54, 1.807) is 12.0 Å². The number of anilines is 1. The van der Waals surface area contributed by atoms with Crippen LogP contribution >= 0.6 is 0 Å². The maximum absolute atomic E-state index is 13.2. The van der Waals surface area contributed by atoms with E-state index in [-0.39, 0.29) is 5.91 Å². The number of nitrogens with zero attached hydrogens (tertiary/aromatic N) is 1. The molecule has 1 atom stereocenters. The van der Waals surface area contributed by atoms with Gasteiger partial charge in [-0.1, -0.05) is 60.7 Å². The summed E-state index contributed by atoms with van der Waals surface area (Å²) in [7, 11) is 1.62. The van der Waals surface area contributed by atoms with Gasteiger partial charge in [-0.3, -0.25) is 4.79 Å². The maximum Gasteiger partial charge on any atom is 0.244 e. The molecule has 0 saturated heterocycles. The number of benzene rings is 3. The molecule has 1 amide bonds. The first-order valence-corrected chi connectivity index (χ1v) is 8.96. The van der Waals surface area contributed by atoms with Gasteiger partial charge >= 0.3 is 0 Å². The van der Waals surface area contributed by atoms with Crippen LogP contribution in [0.5, 0.6) is 5.75 Å². The minimum atomic E-state index is -0.613. The van der Waals surface area contributed by atoms with E-state index in [1.165, 1.54) is 0 Å². The zero-order valence-corrected chi connectivity index (χ0v) is 15.4. The standard InChI is InChI=1S/C23H24N2O2/c1-27-21-14-12-20(13-15-21)25(17-19-10-6-3-7-11-19)23(26)22(24)16-18-8-4-2-5-9-18/h2-15,22H,16-17,24H2,1H3. The third-order valence-electron chi connectivity index (χ3n) is 4.45. The van der Waals surface area contributed by atoms with Gasteiger partial charge in [0.2, 0.25) is 5.91 Å². The summed E-state index contributed by atoms with van der Waals surface area (Å²) in [6.07, 6.45) is 0.501. The summed E-state index contributed by atoms with van der Waals surface area (Å²) >= 11 is 0. The molecular weight excluding hydrogens is 336 g/mol. The summed E-state index contributed by atoms with van der Waals surface area (Å²) in [5.74, 6) is 0.646. The molecule has 0 aliphatic carbocycles. The predicted molar refractivity (Wildman–Crippen MR) is 109 cm³/mol. The summed E-state index contributed by atoms with van der Waals surface area (Å²) in [4.78, 5) is 14.9. The molecule has 138 valence electrons. The molecule has 0 fully saturated rings. The number of methoxy groups -OCH3 is 1. The lowest BCUT2D eigenvalue weighted by Crippen LogP contribution is -2.44. The SMILES string of the molecule is COc1ccc(N(Cc2ccccc2)C(=O)C(N)Cc2ccccc2)cc1. The number of amides is 1. The van der Waals surface area contributed by atoms with Gasteiger partial charge in [0.15, 0.2) is 0 Å². The molecule has 0 bridgehead atoms. The molecule has 0 saturated carbocycles. The molecule has 4 nitrogen and oxygen atoms in total. The van der Waals surface area contributed by atoms with E-state index >= 15 is 0 Å². The second-order valence-electron chi connectivity index (χ2n) is 6.40. The van der Waals surface area contributed by atoms with E-state index < -0.39 is 6.04 Å². The molecule has 0 heterocycles. The number of carbonyl (C=O) groups excluding carboxylic acids is 1. The summed E-state index contributed by atoms with van der Waals surface area (Å²) in [6.45, 7) is 0.467. The second-order valence-corrected chi connectivity index (χ2v) is 6.40. The Bertz CT molecular complexity index is 849. The van der Waals surface area contributed by atoms with E-state index in [2.05, 4.69) is 0 Å². The molecule has 3 aromatic rings. The first kappa shape index (κ1) is 18.7. The van der Waals surface area contributed by atoms with Crippen LogP contribution in [-0.2, 0) is 17.8 Å². The Kier molecular flexibility index (Phi) is 6.23. The number of rotatable bonds is 7. The molecule has 0 spiro atoms. The van der Waals surface area contributed by atoms with E-state index in [9.17, 15) is 4.79 Å². The number of ether oxygens (including phenoxy) is 1. The lowest BCUT2D eigenvalue weighted by atomic mass is 10.0. The van der Waals surface area contributed by atoms with Gasteiger partial charge in [0.05, 0.1) is 19.7 Å². The van der Waals surface area contributed by atoms with Crippen LogP contribution in [0.25, 0.3) is 0 Å². The van der Waals surface area contributed by atoms with Crippen LogP contribution in [0.2, 0.25) is 0 Å². The van der Waals surface area contributed by atoms with Crippen molar-refractivity contribution in [2.75, 3.05) is 12.0 Å². The highest BCUT2D eigenvalue weighted by atomic mass is 16.5. The smallest absolute Gasteiger partial charge is 0.244 e. The Morgan fingerprint density at radius 1 is 0.889 bits per heavy atom. The van der Waals surface area contributed by atoms with Gasteiger partial charge in [0.1, 0.15) is 5.75 Å². The van der Waals surface area contributed by atoms with Gasteiger partial charge in [0, 0.05) is 5.69 Å². The van der Waals surface area contributed by atoms with Gasteiger partial charge in [-0.15, -0.1) is 0 Å². The van der Waals surface area contributed by atoms with Crippen molar-refractivity contribution < 1.29 is 9.53 Å². The minimum Gasteiger partial charge on any atom is -0.497 e. The predicted octanol–water partition coefficient (Wildman–Crippen LogP) is 3.80. The fourth-order valence-corrected chi connectivity index (χ4v) is 2.98. The Labute approximate surface area is 160 Å². The van der Waals surface area contributed by atoms with Gasteiger partial charge < -0.3 is 15.4 Å². The molecule has 0 aromatic heterocycles. The topological polar surface area (TPSA) is 55.6 Å². The lowest BCUT2D eigenvalue weighted by Gasteiger charge is -2.26. The number of hydrogen-bond donors (Lipinski definition) is 1. The molecule has 0 radical (unpaired) electrons.